The van der Waals surface area contributed by atoms with Crippen LogP contribution in [0.5, 0.6) is 0 Å². The zero-order chi connectivity index (χ0) is 14.5. The molecule has 1 amide bonds. The van der Waals surface area contributed by atoms with Crippen LogP contribution in [0.2, 0.25) is 0 Å². The van der Waals surface area contributed by atoms with E-state index in [2.05, 4.69) is 10.6 Å². The van der Waals surface area contributed by atoms with Gasteiger partial charge in [0.05, 0.1) is 11.4 Å². The van der Waals surface area contributed by atoms with Crippen molar-refractivity contribution in [2.45, 2.75) is 32.6 Å². The summed E-state index contributed by atoms with van der Waals surface area (Å²) in [5.41, 5.74) is 9.57. The van der Waals surface area contributed by atoms with E-state index in [1.165, 1.54) is 0 Å². The fourth-order valence-corrected chi connectivity index (χ4v) is 2.37. The van der Waals surface area contributed by atoms with Crippen molar-refractivity contribution >= 4 is 23.0 Å². The van der Waals surface area contributed by atoms with Crippen LogP contribution in [0.25, 0.3) is 0 Å². The van der Waals surface area contributed by atoms with Crippen LogP contribution < -0.4 is 16.4 Å². The Bertz CT molecular complexity index is 488. The number of anilines is 3. The minimum absolute atomic E-state index is 0.0602. The highest BCUT2D eigenvalue weighted by atomic mass is 16.3. The highest BCUT2D eigenvalue weighted by Gasteiger charge is 2.16. The Morgan fingerprint density at radius 1 is 1.45 bits per heavy atom. The summed E-state index contributed by atoms with van der Waals surface area (Å²) >= 11 is 0. The normalized spacial score (nSPS) is 15.4. The van der Waals surface area contributed by atoms with Gasteiger partial charge in [0.1, 0.15) is 0 Å². The molecular formula is C15H23N3O2. The molecule has 1 aromatic carbocycles. The summed E-state index contributed by atoms with van der Waals surface area (Å²) in [6.07, 6.45) is 3.23. The third-order valence-electron chi connectivity index (χ3n) is 3.67. The van der Waals surface area contributed by atoms with Crippen LogP contribution in [0.15, 0.2) is 12.1 Å². The highest BCUT2D eigenvalue weighted by molar-refractivity contribution is 5.95. The number of nitrogens with one attached hydrogen (secondary N) is 2. The molecule has 2 rings (SSSR count). The summed E-state index contributed by atoms with van der Waals surface area (Å²) in [6.45, 7) is 3.07. The van der Waals surface area contributed by atoms with Crippen molar-refractivity contribution in [2.24, 2.45) is 5.92 Å². The molecule has 110 valence electrons. The average molecular weight is 277 g/mol. The summed E-state index contributed by atoms with van der Waals surface area (Å²) in [6, 6.07) is 3.85. The minimum atomic E-state index is 0.0602. The number of hydrogen-bond donors (Lipinski definition) is 4. The zero-order valence-electron chi connectivity index (χ0n) is 11.9. The van der Waals surface area contributed by atoms with Crippen LogP contribution in [0, 0.1) is 5.92 Å². The molecule has 0 aliphatic carbocycles. The Kier molecular flexibility index (Phi) is 4.84. The number of fused-ring (bicyclic) bond motifs is 1. The molecule has 0 aromatic heterocycles. The Morgan fingerprint density at radius 2 is 2.25 bits per heavy atom. The van der Waals surface area contributed by atoms with Gasteiger partial charge in [-0.15, -0.1) is 0 Å². The molecule has 0 radical (unpaired) electrons. The smallest absolute Gasteiger partial charge is 0.224 e. The third kappa shape index (κ3) is 3.63. The Labute approximate surface area is 119 Å². The molecule has 5 heteroatoms. The number of aliphatic hydroxyl groups excluding tert-OH is 1. The standard InChI is InChI=1S/C15H23N3O2/c1-10(9-19)3-2-6-17-14-8-13-11(7-12(14)16)4-5-15(20)18-13/h7-8,10,17,19H,2-6,9,16H2,1H3,(H,18,20). The van der Waals surface area contributed by atoms with E-state index in [4.69, 9.17) is 10.8 Å². The van der Waals surface area contributed by atoms with E-state index in [1.54, 1.807) is 0 Å². The second-order valence-electron chi connectivity index (χ2n) is 5.50. The van der Waals surface area contributed by atoms with Crippen molar-refractivity contribution in [2.75, 3.05) is 29.5 Å². The molecule has 1 aliphatic heterocycles. The second-order valence-corrected chi connectivity index (χ2v) is 5.50. The van der Waals surface area contributed by atoms with Crippen LogP contribution >= 0.6 is 0 Å². The van der Waals surface area contributed by atoms with Crippen molar-refractivity contribution in [3.8, 4) is 0 Å². The molecule has 5 N–H and O–H groups in total. The zero-order valence-corrected chi connectivity index (χ0v) is 11.9. The van der Waals surface area contributed by atoms with E-state index < -0.39 is 0 Å². The molecule has 0 saturated heterocycles. The summed E-state index contributed by atoms with van der Waals surface area (Å²) in [5.74, 6) is 0.391. The largest absolute Gasteiger partial charge is 0.397 e. The number of aliphatic hydroxyl groups is 1. The van der Waals surface area contributed by atoms with Gasteiger partial charge in [-0.05, 0) is 42.9 Å². The molecule has 1 aromatic rings. The van der Waals surface area contributed by atoms with Crippen molar-refractivity contribution in [1.29, 1.82) is 0 Å². The maximum atomic E-state index is 11.4. The fraction of sp³-hybridized carbons (Fsp3) is 0.533. The van der Waals surface area contributed by atoms with Crippen LogP contribution in [-0.2, 0) is 11.2 Å². The SMILES string of the molecule is CC(CO)CCCNc1cc2c(cc1N)CCC(=O)N2. The van der Waals surface area contributed by atoms with Crippen molar-refractivity contribution in [3.05, 3.63) is 17.7 Å². The van der Waals surface area contributed by atoms with Crippen molar-refractivity contribution in [1.82, 2.24) is 0 Å². The summed E-state index contributed by atoms with van der Waals surface area (Å²) < 4.78 is 0. The van der Waals surface area contributed by atoms with Crippen molar-refractivity contribution in [3.63, 3.8) is 0 Å². The summed E-state index contributed by atoms with van der Waals surface area (Å²) in [4.78, 5) is 11.4. The van der Waals surface area contributed by atoms with Gasteiger partial charge in [0.25, 0.3) is 0 Å². The predicted molar refractivity (Wildman–Crippen MR) is 81.8 cm³/mol. The van der Waals surface area contributed by atoms with Gasteiger partial charge in [-0.3, -0.25) is 4.79 Å². The molecule has 5 nitrogen and oxygen atoms in total. The lowest BCUT2D eigenvalue weighted by atomic mass is 10.0. The first-order valence-electron chi connectivity index (χ1n) is 7.17. The van der Waals surface area contributed by atoms with Gasteiger partial charge >= 0.3 is 0 Å². The molecule has 0 spiro atoms. The van der Waals surface area contributed by atoms with Gasteiger partial charge in [0.15, 0.2) is 0 Å². The van der Waals surface area contributed by atoms with Gasteiger partial charge in [-0.1, -0.05) is 6.92 Å². The van der Waals surface area contributed by atoms with E-state index in [-0.39, 0.29) is 12.5 Å². The first-order chi connectivity index (χ1) is 9.60. The number of benzene rings is 1. The predicted octanol–water partition coefficient (Wildman–Crippen LogP) is 1.97. The molecule has 0 bridgehead atoms. The minimum Gasteiger partial charge on any atom is -0.397 e. The highest BCUT2D eigenvalue weighted by Crippen LogP contribution is 2.31. The molecule has 20 heavy (non-hydrogen) atoms. The monoisotopic (exact) mass is 277 g/mol. The molecule has 1 atom stereocenters. The molecular weight excluding hydrogens is 254 g/mol. The number of amides is 1. The fourth-order valence-electron chi connectivity index (χ4n) is 2.37. The topological polar surface area (TPSA) is 87.4 Å². The number of hydrogen-bond acceptors (Lipinski definition) is 4. The number of carbonyl (C=O) groups is 1. The van der Waals surface area contributed by atoms with E-state index >= 15 is 0 Å². The lowest BCUT2D eigenvalue weighted by Gasteiger charge is -2.20. The number of rotatable bonds is 6. The van der Waals surface area contributed by atoms with Crippen LogP contribution in [0.1, 0.15) is 31.7 Å². The van der Waals surface area contributed by atoms with Crippen LogP contribution in [0.4, 0.5) is 17.1 Å². The van der Waals surface area contributed by atoms with Gasteiger partial charge in [0, 0.05) is 25.3 Å². The maximum Gasteiger partial charge on any atom is 0.224 e. The number of aryl methyl sites for hydroxylation is 1. The molecule has 1 aliphatic rings. The van der Waals surface area contributed by atoms with E-state index in [0.717, 1.165) is 48.4 Å². The average Bonchev–Trinajstić information content (AvgIpc) is 2.44. The van der Waals surface area contributed by atoms with Gasteiger partial charge in [0.2, 0.25) is 5.91 Å². The second kappa shape index (κ2) is 6.61. The number of nitrogens with two attached hydrogens (primary N) is 1. The Hall–Kier alpha value is -1.75. The first kappa shape index (κ1) is 14.7. The third-order valence-corrected chi connectivity index (χ3v) is 3.67. The Balaban J connectivity index is 1.95. The van der Waals surface area contributed by atoms with Gasteiger partial charge in [-0.25, -0.2) is 0 Å². The van der Waals surface area contributed by atoms with Crippen molar-refractivity contribution < 1.29 is 9.90 Å². The van der Waals surface area contributed by atoms with E-state index in [9.17, 15) is 4.79 Å². The van der Waals surface area contributed by atoms with Gasteiger partial charge < -0.3 is 21.5 Å². The molecule has 1 unspecified atom stereocenters. The molecule has 1 heterocycles. The maximum absolute atomic E-state index is 11.4. The number of carbonyl (C=O) groups excluding carboxylic acids is 1. The first-order valence-corrected chi connectivity index (χ1v) is 7.17. The quantitative estimate of drug-likeness (QED) is 0.473. The summed E-state index contributed by atoms with van der Waals surface area (Å²) in [5, 5.41) is 15.1. The van der Waals surface area contributed by atoms with Crippen LogP contribution in [0.3, 0.4) is 0 Å². The number of nitrogen functional groups attached to an aromatic ring is 1. The molecule has 0 fully saturated rings. The van der Waals surface area contributed by atoms with Crippen LogP contribution in [-0.4, -0.2) is 24.2 Å². The van der Waals surface area contributed by atoms with E-state index in [0.29, 0.717) is 12.3 Å². The van der Waals surface area contributed by atoms with Gasteiger partial charge in [-0.2, -0.15) is 0 Å². The lowest BCUT2D eigenvalue weighted by molar-refractivity contribution is -0.116. The lowest BCUT2D eigenvalue weighted by Crippen LogP contribution is -2.19. The van der Waals surface area contributed by atoms with E-state index in [1.807, 2.05) is 19.1 Å². The Morgan fingerprint density at radius 3 is 3.00 bits per heavy atom. The summed E-state index contributed by atoms with van der Waals surface area (Å²) in [7, 11) is 0. The molecule has 0 saturated carbocycles.